The summed E-state index contributed by atoms with van der Waals surface area (Å²) in [5.74, 6) is -0.577. The SMILES string of the molecule is CCCCCNC(=O)[C@H](C#N)c1nc2ccccc2nc1N1CC[NH+](C)CC1. The fraction of sp³-hybridized carbons (Fsp3) is 0.524. The number of piperazine rings is 1. The minimum atomic E-state index is -0.958. The van der Waals surface area contributed by atoms with Crippen LogP contribution in [0.1, 0.15) is 37.8 Å². The second-order valence-corrected chi connectivity index (χ2v) is 7.43. The van der Waals surface area contributed by atoms with Crippen LogP contribution in [-0.4, -0.2) is 55.6 Å². The molecule has 1 amide bonds. The maximum Gasteiger partial charge on any atom is 0.243 e. The van der Waals surface area contributed by atoms with Gasteiger partial charge in [0.2, 0.25) is 5.91 Å². The van der Waals surface area contributed by atoms with Gasteiger partial charge in [0, 0.05) is 6.54 Å². The summed E-state index contributed by atoms with van der Waals surface area (Å²) in [5, 5.41) is 12.7. The van der Waals surface area contributed by atoms with Gasteiger partial charge >= 0.3 is 0 Å². The molecule has 1 aliphatic heterocycles. The lowest BCUT2D eigenvalue weighted by atomic mass is 10.0. The zero-order valence-corrected chi connectivity index (χ0v) is 16.7. The Hall–Kier alpha value is -2.72. The molecule has 1 fully saturated rings. The van der Waals surface area contributed by atoms with Gasteiger partial charge in [-0.1, -0.05) is 31.9 Å². The number of likely N-dealkylation sites (N-methyl/N-ethyl adjacent to an activating group) is 1. The van der Waals surface area contributed by atoms with Crippen molar-refractivity contribution in [1.29, 1.82) is 5.26 Å². The molecule has 0 radical (unpaired) electrons. The maximum atomic E-state index is 12.7. The average Bonchev–Trinajstić information content (AvgIpc) is 2.72. The molecule has 28 heavy (non-hydrogen) atoms. The van der Waals surface area contributed by atoms with E-state index >= 15 is 0 Å². The summed E-state index contributed by atoms with van der Waals surface area (Å²) < 4.78 is 0. The molecule has 148 valence electrons. The molecule has 2 aromatic rings. The number of para-hydroxylation sites is 2. The van der Waals surface area contributed by atoms with Crippen LogP contribution in [-0.2, 0) is 4.79 Å². The number of carbonyl (C=O) groups is 1. The number of hydrogen-bond acceptors (Lipinski definition) is 5. The third kappa shape index (κ3) is 4.57. The van der Waals surface area contributed by atoms with E-state index in [-0.39, 0.29) is 5.91 Å². The van der Waals surface area contributed by atoms with Crippen molar-refractivity contribution in [1.82, 2.24) is 15.3 Å². The molecule has 1 aliphatic rings. The second-order valence-electron chi connectivity index (χ2n) is 7.43. The number of anilines is 1. The van der Waals surface area contributed by atoms with E-state index in [2.05, 4.69) is 30.3 Å². The highest BCUT2D eigenvalue weighted by molar-refractivity contribution is 5.88. The Labute approximate surface area is 166 Å². The van der Waals surface area contributed by atoms with E-state index in [1.807, 2.05) is 24.3 Å². The molecule has 0 aliphatic carbocycles. The summed E-state index contributed by atoms with van der Waals surface area (Å²) in [5.41, 5.74) is 1.96. The van der Waals surface area contributed by atoms with Gasteiger partial charge in [0.05, 0.1) is 50.3 Å². The smallest absolute Gasteiger partial charge is 0.243 e. The summed E-state index contributed by atoms with van der Waals surface area (Å²) in [6.45, 7) is 6.36. The zero-order valence-electron chi connectivity index (χ0n) is 16.7. The predicted molar refractivity (Wildman–Crippen MR) is 109 cm³/mol. The van der Waals surface area contributed by atoms with Gasteiger partial charge in [-0.2, -0.15) is 5.26 Å². The molecule has 0 spiro atoms. The molecule has 2 N–H and O–H groups in total. The van der Waals surface area contributed by atoms with Gasteiger partial charge in [-0.3, -0.25) is 4.79 Å². The van der Waals surface area contributed by atoms with Crippen molar-refractivity contribution in [3.8, 4) is 6.07 Å². The first-order valence-electron chi connectivity index (χ1n) is 10.1. The molecule has 0 saturated carbocycles. The molecule has 1 saturated heterocycles. The van der Waals surface area contributed by atoms with Crippen molar-refractivity contribution in [3.63, 3.8) is 0 Å². The third-order valence-corrected chi connectivity index (χ3v) is 5.24. The Kier molecular flexibility index (Phi) is 6.77. The van der Waals surface area contributed by atoms with Crippen LogP contribution in [0.3, 0.4) is 0 Å². The molecule has 0 unspecified atom stereocenters. The van der Waals surface area contributed by atoms with Crippen LogP contribution in [0.5, 0.6) is 0 Å². The Balaban J connectivity index is 1.93. The lowest BCUT2D eigenvalue weighted by molar-refractivity contribution is -0.880. The van der Waals surface area contributed by atoms with Gasteiger partial charge in [-0.15, -0.1) is 0 Å². The van der Waals surface area contributed by atoms with Crippen LogP contribution < -0.4 is 15.1 Å². The van der Waals surface area contributed by atoms with Crippen LogP contribution in [0.2, 0.25) is 0 Å². The number of carbonyl (C=O) groups excluding carboxylic acids is 1. The van der Waals surface area contributed by atoms with Gasteiger partial charge in [-0.25, -0.2) is 9.97 Å². The van der Waals surface area contributed by atoms with Crippen molar-refractivity contribution in [3.05, 3.63) is 30.0 Å². The van der Waals surface area contributed by atoms with Crippen LogP contribution in [0.15, 0.2) is 24.3 Å². The number of unbranched alkanes of at least 4 members (excludes halogenated alkanes) is 2. The molecule has 7 nitrogen and oxygen atoms in total. The number of benzene rings is 1. The highest BCUT2D eigenvalue weighted by Crippen LogP contribution is 2.27. The number of nitriles is 1. The van der Waals surface area contributed by atoms with Gasteiger partial charge in [0.15, 0.2) is 11.7 Å². The molecule has 1 aromatic heterocycles. The minimum absolute atomic E-state index is 0.288. The summed E-state index contributed by atoms with van der Waals surface area (Å²) in [6.07, 6.45) is 3.06. The standard InChI is InChI=1S/C21H28N6O/c1-3-4-7-10-23-21(28)16(15-22)19-20(27-13-11-26(2)12-14-27)25-18-9-6-5-8-17(18)24-19/h5-6,8-9,16H,3-4,7,10-14H2,1-2H3,(H,23,28)/p+1/t16-/m1/s1. The maximum absolute atomic E-state index is 12.7. The van der Waals surface area contributed by atoms with E-state index in [0.717, 1.165) is 51.0 Å². The molecule has 0 bridgehead atoms. The van der Waals surface area contributed by atoms with Crippen molar-refractivity contribution in [2.24, 2.45) is 0 Å². The van der Waals surface area contributed by atoms with Crippen LogP contribution in [0.25, 0.3) is 11.0 Å². The van der Waals surface area contributed by atoms with Crippen LogP contribution in [0.4, 0.5) is 5.82 Å². The Morgan fingerprint density at radius 2 is 1.93 bits per heavy atom. The first-order valence-corrected chi connectivity index (χ1v) is 10.1. The summed E-state index contributed by atoms with van der Waals surface area (Å²) >= 11 is 0. The van der Waals surface area contributed by atoms with Gasteiger partial charge < -0.3 is 15.1 Å². The van der Waals surface area contributed by atoms with E-state index in [1.165, 1.54) is 4.90 Å². The number of aromatic nitrogens is 2. The molecule has 1 aromatic carbocycles. The number of quaternary nitrogens is 1. The summed E-state index contributed by atoms with van der Waals surface area (Å²) in [6, 6.07) is 9.78. The molecule has 2 heterocycles. The van der Waals surface area contributed by atoms with Crippen molar-refractivity contribution >= 4 is 22.8 Å². The minimum Gasteiger partial charge on any atom is -0.355 e. The molecule has 7 heteroatoms. The van der Waals surface area contributed by atoms with Gasteiger partial charge in [-0.05, 0) is 18.6 Å². The van der Waals surface area contributed by atoms with Crippen molar-refractivity contribution in [2.75, 3.05) is 44.7 Å². The highest BCUT2D eigenvalue weighted by atomic mass is 16.1. The third-order valence-electron chi connectivity index (χ3n) is 5.24. The molecular weight excluding hydrogens is 352 g/mol. The number of rotatable bonds is 7. The molecule has 3 rings (SSSR count). The lowest BCUT2D eigenvalue weighted by Gasteiger charge is -2.32. The number of nitrogens with one attached hydrogen (secondary N) is 2. The van der Waals surface area contributed by atoms with E-state index in [4.69, 9.17) is 9.97 Å². The van der Waals surface area contributed by atoms with E-state index in [0.29, 0.717) is 23.6 Å². The Bertz CT molecular complexity index is 854. The largest absolute Gasteiger partial charge is 0.355 e. The average molecular weight is 382 g/mol. The zero-order chi connectivity index (χ0) is 19.9. The van der Waals surface area contributed by atoms with E-state index in [9.17, 15) is 10.1 Å². The van der Waals surface area contributed by atoms with Crippen molar-refractivity contribution in [2.45, 2.75) is 32.1 Å². The topological polar surface area (TPSA) is 86.3 Å². The Morgan fingerprint density at radius 3 is 2.57 bits per heavy atom. The fourth-order valence-corrected chi connectivity index (χ4v) is 3.46. The van der Waals surface area contributed by atoms with Crippen molar-refractivity contribution < 1.29 is 9.69 Å². The van der Waals surface area contributed by atoms with E-state index in [1.54, 1.807) is 0 Å². The van der Waals surface area contributed by atoms with Gasteiger partial charge in [0.1, 0.15) is 5.69 Å². The molecule has 1 atom stereocenters. The van der Waals surface area contributed by atoms with Crippen LogP contribution in [0, 0.1) is 11.3 Å². The monoisotopic (exact) mass is 381 g/mol. The normalized spacial score (nSPS) is 16.0. The highest BCUT2D eigenvalue weighted by Gasteiger charge is 2.30. The molecular formula is C21H29N6O+. The first kappa shape index (κ1) is 20.0. The number of nitrogens with zero attached hydrogens (tertiary/aromatic N) is 4. The number of hydrogen-bond donors (Lipinski definition) is 2. The lowest BCUT2D eigenvalue weighted by Crippen LogP contribution is -3.12. The fourth-order valence-electron chi connectivity index (χ4n) is 3.46. The van der Waals surface area contributed by atoms with Crippen LogP contribution >= 0.6 is 0 Å². The van der Waals surface area contributed by atoms with Gasteiger partial charge in [0.25, 0.3) is 0 Å². The summed E-state index contributed by atoms with van der Waals surface area (Å²) in [4.78, 5) is 25.9. The first-order chi connectivity index (χ1) is 13.6. The summed E-state index contributed by atoms with van der Waals surface area (Å²) in [7, 11) is 2.17. The van der Waals surface area contributed by atoms with E-state index < -0.39 is 5.92 Å². The number of amides is 1. The quantitative estimate of drug-likeness (QED) is 0.696. The Morgan fingerprint density at radius 1 is 1.25 bits per heavy atom. The predicted octanol–water partition coefficient (Wildman–Crippen LogP) is 0.878. The second kappa shape index (κ2) is 9.47. The number of fused-ring (bicyclic) bond motifs is 1.